The average Bonchev–Trinajstić information content (AvgIpc) is 3.64. The van der Waals surface area contributed by atoms with Crippen molar-refractivity contribution in [3.63, 3.8) is 0 Å². The molecule has 5 rings (SSSR count). The summed E-state index contributed by atoms with van der Waals surface area (Å²) in [5.41, 5.74) is 1.21. The van der Waals surface area contributed by atoms with Gasteiger partial charge in [0.2, 0.25) is 6.79 Å². The van der Waals surface area contributed by atoms with Crippen LogP contribution in [-0.2, 0) is 20.8 Å². The van der Waals surface area contributed by atoms with Crippen LogP contribution in [0.1, 0.15) is 32.0 Å². The number of furan rings is 1. The number of nitrogens with zero attached hydrogens (tertiary/aromatic N) is 1. The minimum Gasteiger partial charge on any atom is -0.465 e. The average molecular weight is 556 g/mol. The van der Waals surface area contributed by atoms with Gasteiger partial charge < -0.3 is 23.4 Å². The molecule has 0 N–H and O–H groups in total. The van der Waals surface area contributed by atoms with Gasteiger partial charge in [0.25, 0.3) is 11.1 Å². The maximum atomic E-state index is 13.0. The third-order valence-electron chi connectivity index (χ3n) is 5.70. The Bertz CT molecular complexity index is 1490. The van der Waals surface area contributed by atoms with E-state index in [1.54, 1.807) is 24.3 Å². The summed E-state index contributed by atoms with van der Waals surface area (Å²) in [6, 6.07) is 10.8. The Labute approximate surface area is 225 Å². The molecule has 2 aliphatic rings. The largest absolute Gasteiger partial charge is 0.465 e. The molecule has 38 heavy (non-hydrogen) atoms. The van der Waals surface area contributed by atoms with Gasteiger partial charge in [0.15, 0.2) is 11.5 Å². The number of methoxy groups -OCH3 is 2. The van der Waals surface area contributed by atoms with Gasteiger partial charge in [-0.25, -0.2) is 9.59 Å². The summed E-state index contributed by atoms with van der Waals surface area (Å²) < 4.78 is 26.0. The molecule has 3 aromatic rings. The molecule has 2 amide bonds. The zero-order chi connectivity index (χ0) is 27.0. The summed E-state index contributed by atoms with van der Waals surface area (Å²) in [6.07, 6.45) is 1.45. The molecule has 0 radical (unpaired) electrons. The Morgan fingerprint density at radius 2 is 1.66 bits per heavy atom. The van der Waals surface area contributed by atoms with E-state index in [1.807, 2.05) is 0 Å². The maximum Gasteiger partial charge on any atom is 0.337 e. The van der Waals surface area contributed by atoms with Crippen molar-refractivity contribution in [2.75, 3.05) is 21.0 Å². The van der Waals surface area contributed by atoms with E-state index < -0.39 is 23.1 Å². The summed E-state index contributed by atoms with van der Waals surface area (Å²) in [5.74, 6) is -0.195. The topological polar surface area (TPSA) is 122 Å². The zero-order valence-electron chi connectivity index (χ0n) is 19.9. The first-order valence-electron chi connectivity index (χ1n) is 11.0. The first-order valence-corrected chi connectivity index (χ1v) is 12.2. The minimum absolute atomic E-state index is 0.0441. The highest BCUT2D eigenvalue weighted by Gasteiger charge is 2.36. The van der Waals surface area contributed by atoms with Crippen LogP contribution in [0.25, 0.3) is 17.4 Å². The summed E-state index contributed by atoms with van der Waals surface area (Å²) in [7, 11) is 2.46. The van der Waals surface area contributed by atoms with Gasteiger partial charge in [0, 0.05) is 22.7 Å². The number of hydrogen-bond acceptors (Lipinski definition) is 10. The van der Waals surface area contributed by atoms with Crippen LogP contribution < -0.4 is 9.47 Å². The lowest BCUT2D eigenvalue weighted by atomic mass is 10.0. The molecule has 2 aliphatic heterocycles. The SMILES string of the molecule is COC(=O)c1cc(C(=O)OC)cc(-c2ccc(C=C3SC(=O)N(Cc4cc5c(cc4Cl)OCO5)C3=O)o2)c1. The van der Waals surface area contributed by atoms with Crippen molar-refractivity contribution in [2.24, 2.45) is 0 Å². The highest BCUT2D eigenvalue weighted by atomic mass is 35.5. The number of rotatable bonds is 6. The molecule has 10 nitrogen and oxygen atoms in total. The molecule has 0 unspecified atom stereocenters. The molecule has 3 heterocycles. The number of fused-ring (bicyclic) bond motifs is 1. The van der Waals surface area contributed by atoms with E-state index in [2.05, 4.69) is 0 Å². The van der Waals surface area contributed by atoms with E-state index in [9.17, 15) is 19.2 Å². The van der Waals surface area contributed by atoms with Crippen LogP contribution in [0.15, 0.2) is 51.8 Å². The molecule has 1 aromatic heterocycles. The summed E-state index contributed by atoms with van der Waals surface area (Å²) in [5, 5.41) is -0.122. The molecule has 0 atom stereocenters. The fourth-order valence-electron chi connectivity index (χ4n) is 3.84. The van der Waals surface area contributed by atoms with Crippen LogP contribution >= 0.6 is 23.4 Å². The van der Waals surface area contributed by atoms with Crippen molar-refractivity contribution in [1.82, 2.24) is 4.90 Å². The summed E-state index contributed by atoms with van der Waals surface area (Å²) in [6.45, 7) is 0.0268. The molecule has 194 valence electrons. The van der Waals surface area contributed by atoms with Gasteiger partial charge in [-0.15, -0.1) is 0 Å². The smallest absolute Gasteiger partial charge is 0.337 e. The molecule has 0 aliphatic carbocycles. The Morgan fingerprint density at radius 3 is 2.32 bits per heavy atom. The van der Waals surface area contributed by atoms with Gasteiger partial charge in [-0.1, -0.05) is 11.6 Å². The first-order chi connectivity index (χ1) is 18.3. The van der Waals surface area contributed by atoms with Gasteiger partial charge >= 0.3 is 11.9 Å². The van der Waals surface area contributed by atoms with Crippen LogP contribution in [0.4, 0.5) is 4.79 Å². The van der Waals surface area contributed by atoms with Crippen molar-refractivity contribution in [2.45, 2.75) is 6.54 Å². The van der Waals surface area contributed by atoms with Crippen LogP contribution in [0.2, 0.25) is 5.02 Å². The molecule has 0 bridgehead atoms. The van der Waals surface area contributed by atoms with Crippen molar-refractivity contribution < 1.29 is 42.5 Å². The third kappa shape index (κ3) is 4.85. The lowest BCUT2D eigenvalue weighted by molar-refractivity contribution is -0.123. The van der Waals surface area contributed by atoms with Crippen LogP contribution in [-0.4, -0.2) is 49.0 Å². The standard InChI is InChI=1S/C26H18ClNO9S/c1-33-24(30)14-5-13(6-15(7-14)25(31)34-2)19-4-3-17(37-19)9-22-23(29)28(26(32)38-22)11-16-8-20-21(10-18(16)27)36-12-35-20/h3-10H,11-12H2,1-2H3. The third-order valence-corrected chi connectivity index (χ3v) is 6.96. The van der Waals surface area contributed by atoms with Crippen molar-refractivity contribution in [3.8, 4) is 22.8 Å². The number of halogens is 1. The monoisotopic (exact) mass is 555 g/mol. The summed E-state index contributed by atoms with van der Waals surface area (Å²) >= 11 is 7.08. The number of ether oxygens (including phenoxy) is 4. The highest BCUT2D eigenvalue weighted by molar-refractivity contribution is 8.18. The number of carbonyl (C=O) groups is 4. The van der Waals surface area contributed by atoms with E-state index in [1.165, 1.54) is 38.5 Å². The van der Waals surface area contributed by atoms with Gasteiger partial charge in [0.05, 0.1) is 36.8 Å². The van der Waals surface area contributed by atoms with E-state index >= 15 is 0 Å². The van der Waals surface area contributed by atoms with Crippen molar-refractivity contribution >= 4 is 52.5 Å². The van der Waals surface area contributed by atoms with Gasteiger partial charge in [-0.3, -0.25) is 14.5 Å². The van der Waals surface area contributed by atoms with Crippen LogP contribution in [0, 0.1) is 0 Å². The fourth-order valence-corrected chi connectivity index (χ4v) is 4.87. The Balaban J connectivity index is 1.39. The maximum absolute atomic E-state index is 13.0. The molecule has 0 spiro atoms. The molecular formula is C26H18ClNO9S. The molecular weight excluding hydrogens is 538 g/mol. The summed E-state index contributed by atoms with van der Waals surface area (Å²) in [4.78, 5) is 51.1. The number of thioether (sulfide) groups is 1. The quantitative estimate of drug-likeness (QED) is 0.298. The van der Waals surface area contributed by atoms with Gasteiger partial charge in [0.1, 0.15) is 11.5 Å². The molecule has 0 saturated carbocycles. The predicted octanol–water partition coefficient (Wildman–Crippen LogP) is 5.14. The first kappa shape index (κ1) is 25.4. The number of esters is 2. The number of benzene rings is 2. The normalized spacial score (nSPS) is 15.3. The van der Waals surface area contributed by atoms with E-state index in [0.717, 1.165) is 16.7 Å². The van der Waals surface area contributed by atoms with Crippen molar-refractivity contribution in [3.05, 3.63) is 74.8 Å². The second-order valence-electron chi connectivity index (χ2n) is 8.05. The Kier molecular flexibility index (Phi) is 6.87. The van der Waals surface area contributed by atoms with Crippen molar-refractivity contribution in [1.29, 1.82) is 0 Å². The molecule has 12 heteroatoms. The Morgan fingerprint density at radius 1 is 1.00 bits per heavy atom. The molecule has 1 saturated heterocycles. The molecule has 2 aromatic carbocycles. The lowest BCUT2D eigenvalue weighted by Gasteiger charge is -2.14. The minimum atomic E-state index is -0.639. The van der Waals surface area contributed by atoms with Gasteiger partial charge in [-0.2, -0.15) is 0 Å². The number of amides is 2. The second kappa shape index (κ2) is 10.3. The number of carbonyl (C=O) groups excluding carboxylic acids is 4. The zero-order valence-corrected chi connectivity index (χ0v) is 21.5. The number of hydrogen-bond donors (Lipinski definition) is 0. The predicted molar refractivity (Wildman–Crippen MR) is 136 cm³/mol. The van der Waals surface area contributed by atoms with E-state index in [4.69, 9.17) is 35.0 Å². The Hall–Kier alpha value is -4.22. The fraction of sp³-hybridized carbons (Fsp3) is 0.154. The molecule has 1 fully saturated rings. The van der Waals surface area contributed by atoms with E-state index in [0.29, 0.717) is 33.4 Å². The second-order valence-corrected chi connectivity index (χ2v) is 9.45. The van der Waals surface area contributed by atoms with Crippen LogP contribution in [0.5, 0.6) is 11.5 Å². The highest BCUT2D eigenvalue weighted by Crippen LogP contribution is 2.39. The lowest BCUT2D eigenvalue weighted by Crippen LogP contribution is -2.27. The van der Waals surface area contributed by atoms with Crippen LogP contribution in [0.3, 0.4) is 0 Å². The van der Waals surface area contributed by atoms with Gasteiger partial charge in [-0.05, 0) is 53.7 Å². The van der Waals surface area contributed by atoms with E-state index in [-0.39, 0.29) is 35.1 Å². The number of imide groups is 1.